The van der Waals surface area contributed by atoms with Crippen LogP contribution in [-0.4, -0.2) is 5.78 Å². The first-order valence-corrected chi connectivity index (χ1v) is 4.86. The van der Waals surface area contributed by atoms with Crippen LogP contribution in [0.5, 0.6) is 0 Å². The Balaban J connectivity index is 3.09. The molecule has 0 atom stereocenters. The summed E-state index contributed by atoms with van der Waals surface area (Å²) in [4.78, 5) is 11.5. The Kier molecular flexibility index (Phi) is 3.39. The van der Waals surface area contributed by atoms with Crippen molar-refractivity contribution in [3.63, 3.8) is 0 Å². The summed E-state index contributed by atoms with van der Waals surface area (Å²) in [6.07, 6.45) is 1.17. The lowest BCUT2D eigenvalue weighted by atomic mass is 10.0. The van der Waals surface area contributed by atoms with Crippen molar-refractivity contribution in [2.75, 3.05) is 0 Å². The Labute approximate surface area is 83.9 Å². The van der Waals surface area contributed by atoms with E-state index in [9.17, 15) is 9.18 Å². The molecule has 0 bridgehead atoms. The zero-order chi connectivity index (χ0) is 10.7. The zero-order valence-electron chi connectivity index (χ0n) is 8.86. The number of halogens is 1. The van der Waals surface area contributed by atoms with Gasteiger partial charge in [-0.2, -0.15) is 0 Å². The van der Waals surface area contributed by atoms with E-state index >= 15 is 0 Å². The maximum atomic E-state index is 13.4. The molecule has 0 saturated heterocycles. The smallest absolute Gasteiger partial charge is 0.165 e. The Hall–Kier alpha value is -1.18. The van der Waals surface area contributed by atoms with Crippen LogP contribution in [0.2, 0.25) is 0 Å². The standard InChI is InChI=1S/C12H15FO/c1-4-5-12(14)10-6-8(2)9(3)7-11(10)13/h6-7H,4-5H2,1-3H3. The summed E-state index contributed by atoms with van der Waals surface area (Å²) in [5.74, 6) is -0.500. The van der Waals surface area contributed by atoms with Gasteiger partial charge in [0.1, 0.15) is 5.82 Å². The topological polar surface area (TPSA) is 17.1 Å². The molecular weight excluding hydrogens is 179 g/mol. The molecule has 0 heterocycles. The maximum absolute atomic E-state index is 13.4. The first-order chi connectivity index (χ1) is 6.56. The van der Waals surface area contributed by atoms with Gasteiger partial charge in [-0.1, -0.05) is 6.92 Å². The molecular formula is C12H15FO. The van der Waals surface area contributed by atoms with E-state index < -0.39 is 5.82 Å². The summed E-state index contributed by atoms with van der Waals surface area (Å²) in [6.45, 7) is 5.64. The first-order valence-electron chi connectivity index (χ1n) is 4.86. The Morgan fingerprint density at radius 1 is 1.29 bits per heavy atom. The molecule has 2 heteroatoms. The molecule has 0 fully saturated rings. The van der Waals surface area contributed by atoms with Crippen molar-refractivity contribution >= 4 is 5.78 Å². The first kappa shape index (κ1) is 10.9. The van der Waals surface area contributed by atoms with Gasteiger partial charge >= 0.3 is 0 Å². The molecule has 0 saturated carbocycles. The third-order valence-electron chi connectivity index (χ3n) is 2.36. The van der Waals surface area contributed by atoms with Crippen LogP contribution in [0, 0.1) is 19.7 Å². The highest BCUT2D eigenvalue weighted by atomic mass is 19.1. The number of carbonyl (C=O) groups excluding carboxylic acids is 1. The summed E-state index contributed by atoms with van der Waals surface area (Å²) >= 11 is 0. The van der Waals surface area contributed by atoms with E-state index in [2.05, 4.69) is 0 Å². The van der Waals surface area contributed by atoms with E-state index in [1.807, 2.05) is 20.8 Å². The van der Waals surface area contributed by atoms with Gasteiger partial charge in [-0.15, -0.1) is 0 Å². The molecule has 76 valence electrons. The fourth-order valence-electron chi connectivity index (χ4n) is 1.36. The lowest BCUT2D eigenvalue weighted by molar-refractivity contribution is 0.0978. The molecule has 0 aliphatic carbocycles. The fourth-order valence-corrected chi connectivity index (χ4v) is 1.36. The molecule has 0 aliphatic rings. The Morgan fingerprint density at radius 2 is 1.86 bits per heavy atom. The average molecular weight is 194 g/mol. The van der Waals surface area contributed by atoms with Crippen LogP contribution in [0.4, 0.5) is 4.39 Å². The number of hydrogen-bond donors (Lipinski definition) is 0. The summed E-state index contributed by atoms with van der Waals surface area (Å²) in [7, 11) is 0. The van der Waals surface area contributed by atoms with Crippen LogP contribution in [-0.2, 0) is 0 Å². The molecule has 0 spiro atoms. The minimum atomic E-state index is -0.397. The van der Waals surface area contributed by atoms with E-state index in [1.165, 1.54) is 6.07 Å². The van der Waals surface area contributed by atoms with Crippen molar-refractivity contribution in [3.8, 4) is 0 Å². The van der Waals surface area contributed by atoms with Gasteiger partial charge in [0, 0.05) is 6.42 Å². The quantitative estimate of drug-likeness (QED) is 0.674. The monoisotopic (exact) mass is 194 g/mol. The Morgan fingerprint density at radius 3 is 2.43 bits per heavy atom. The summed E-state index contributed by atoms with van der Waals surface area (Å²) in [6, 6.07) is 3.07. The van der Waals surface area contributed by atoms with Gasteiger partial charge < -0.3 is 0 Å². The van der Waals surface area contributed by atoms with Gasteiger partial charge in [0.25, 0.3) is 0 Å². The minimum absolute atomic E-state index is 0.104. The van der Waals surface area contributed by atoms with Crippen LogP contribution in [0.15, 0.2) is 12.1 Å². The summed E-state index contributed by atoms with van der Waals surface area (Å²) in [5, 5.41) is 0. The predicted molar refractivity (Wildman–Crippen MR) is 55.1 cm³/mol. The van der Waals surface area contributed by atoms with Gasteiger partial charge in [-0.05, 0) is 43.5 Å². The van der Waals surface area contributed by atoms with Crippen molar-refractivity contribution in [2.45, 2.75) is 33.6 Å². The van der Waals surface area contributed by atoms with Crippen LogP contribution in [0.25, 0.3) is 0 Å². The molecule has 0 amide bonds. The highest BCUT2D eigenvalue weighted by molar-refractivity contribution is 5.96. The fraction of sp³-hybridized carbons (Fsp3) is 0.417. The molecule has 0 aromatic heterocycles. The van der Waals surface area contributed by atoms with Crippen LogP contribution >= 0.6 is 0 Å². The van der Waals surface area contributed by atoms with E-state index in [0.717, 1.165) is 17.5 Å². The third kappa shape index (κ3) is 2.19. The predicted octanol–water partition coefficient (Wildman–Crippen LogP) is 3.43. The average Bonchev–Trinajstić information content (AvgIpc) is 2.11. The number of hydrogen-bond acceptors (Lipinski definition) is 1. The van der Waals surface area contributed by atoms with Gasteiger partial charge in [0.15, 0.2) is 5.78 Å². The highest BCUT2D eigenvalue weighted by Crippen LogP contribution is 2.16. The summed E-state index contributed by atoms with van der Waals surface area (Å²) < 4.78 is 13.4. The number of benzene rings is 1. The molecule has 14 heavy (non-hydrogen) atoms. The largest absolute Gasteiger partial charge is 0.294 e. The molecule has 1 aromatic carbocycles. The minimum Gasteiger partial charge on any atom is -0.294 e. The van der Waals surface area contributed by atoms with Crippen LogP contribution < -0.4 is 0 Å². The number of aryl methyl sites for hydroxylation is 2. The lowest BCUT2D eigenvalue weighted by Crippen LogP contribution is -2.03. The van der Waals surface area contributed by atoms with E-state index in [-0.39, 0.29) is 11.3 Å². The van der Waals surface area contributed by atoms with Crippen molar-refractivity contribution in [1.29, 1.82) is 0 Å². The molecule has 0 radical (unpaired) electrons. The van der Waals surface area contributed by atoms with Crippen molar-refractivity contribution in [2.24, 2.45) is 0 Å². The van der Waals surface area contributed by atoms with E-state index in [1.54, 1.807) is 6.07 Å². The highest BCUT2D eigenvalue weighted by Gasteiger charge is 2.11. The number of Topliss-reactive ketones (excluding diaryl/α,β-unsaturated/α-hetero) is 1. The maximum Gasteiger partial charge on any atom is 0.165 e. The second kappa shape index (κ2) is 4.36. The molecule has 1 aromatic rings. The zero-order valence-corrected chi connectivity index (χ0v) is 8.86. The van der Waals surface area contributed by atoms with E-state index in [0.29, 0.717) is 6.42 Å². The normalized spacial score (nSPS) is 10.3. The third-order valence-corrected chi connectivity index (χ3v) is 2.36. The second-order valence-electron chi connectivity index (χ2n) is 3.59. The Bertz CT molecular complexity index is 356. The molecule has 0 unspecified atom stereocenters. The molecule has 0 N–H and O–H groups in total. The molecule has 1 nitrogen and oxygen atoms in total. The SMILES string of the molecule is CCCC(=O)c1cc(C)c(C)cc1F. The summed E-state index contributed by atoms with van der Waals surface area (Å²) in [5.41, 5.74) is 2.08. The van der Waals surface area contributed by atoms with Gasteiger partial charge in [-0.3, -0.25) is 4.79 Å². The number of rotatable bonds is 3. The van der Waals surface area contributed by atoms with Crippen molar-refractivity contribution < 1.29 is 9.18 Å². The van der Waals surface area contributed by atoms with E-state index in [4.69, 9.17) is 0 Å². The van der Waals surface area contributed by atoms with Crippen LogP contribution in [0.1, 0.15) is 41.3 Å². The molecule has 1 rings (SSSR count). The van der Waals surface area contributed by atoms with Crippen molar-refractivity contribution in [3.05, 3.63) is 34.6 Å². The lowest BCUT2D eigenvalue weighted by Gasteiger charge is -2.05. The second-order valence-corrected chi connectivity index (χ2v) is 3.59. The van der Waals surface area contributed by atoms with Crippen LogP contribution in [0.3, 0.4) is 0 Å². The number of ketones is 1. The molecule has 0 aliphatic heterocycles. The van der Waals surface area contributed by atoms with Gasteiger partial charge in [0.05, 0.1) is 5.56 Å². The van der Waals surface area contributed by atoms with Gasteiger partial charge in [0.2, 0.25) is 0 Å². The van der Waals surface area contributed by atoms with Gasteiger partial charge in [-0.25, -0.2) is 4.39 Å². The number of carbonyl (C=O) groups is 1. The van der Waals surface area contributed by atoms with Crippen molar-refractivity contribution in [1.82, 2.24) is 0 Å².